The molecule has 1 aliphatic heterocycles. The molecule has 19 heavy (non-hydrogen) atoms. The third-order valence-electron chi connectivity index (χ3n) is 3.66. The van der Waals surface area contributed by atoms with E-state index in [1.54, 1.807) is 11.2 Å². The van der Waals surface area contributed by atoms with Crippen LogP contribution in [0.2, 0.25) is 0 Å². The second-order valence-corrected chi connectivity index (χ2v) is 5.11. The maximum absolute atomic E-state index is 12.4. The van der Waals surface area contributed by atoms with Crippen LogP contribution in [0.4, 0.5) is 0 Å². The number of rotatable bonds is 1. The van der Waals surface area contributed by atoms with Crippen LogP contribution < -0.4 is 0 Å². The van der Waals surface area contributed by atoms with Gasteiger partial charge in [-0.3, -0.25) is 4.79 Å². The Kier molecular flexibility index (Phi) is 2.98. The van der Waals surface area contributed by atoms with Gasteiger partial charge < -0.3 is 14.6 Å². The van der Waals surface area contributed by atoms with Crippen LogP contribution in [0.5, 0.6) is 0 Å². The number of aryl methyl sites for hydroxylation is 1. The zero-order valence-corrected chi connectivity index (χ0v) is 10.9. The van der Waals surface area contributed by atoms with Gasteiger partial charge in [0.25, 0.3) is 5.91 Å². The van der Waals surface area contributed by atoms with Crippen molar-refractivity contribution in [2.45, 2.75) is 18.9 Å². The molecule has 1 N–H and O–H groups in total. The van der Waals surface area contributed by atoms with Crippen LogP contribution in [0.1, 0.15) is 23.2 Å². The van der Waals surface area contributed by atoms with Crippen molar-refractivity contribution >= 4 is 16.9 Å². The molecule has 1 amide bonds. The van der Waals surface area contributed by atoms with Crippen LogP contribution in [-0.2, 0) is 7.05 Å². The topological polar surface area (TPSA) is 58.4 Å². The minimum Gasteiger partial charge on any atom is -0.391 e. The highest BCUT2D eigenvalue weighted by molar-refractivity contribution is 5.97. The predicted molar refractivity (Wildman–Crippen MR) is 71.9 cm³/mol. The first kappa shape index (κ1) is 12.2. The highest BCUT2D eigenvalue weighted by Crippen LogP contribution is 2.18. The summed E-state index contributed by atoms with van der Waals surface area (Å²) < 4.78 is 1.92. The first-order valence-corrected chi connectivity index (χ1v) is 6.53. The SMILES string of the molecule is Cn1cnc2cc(C(=O)N3CCCC(O)C3)ccc21. The molecule has 1 aromatic carbocycles. The normalized spacial score (nSPS) is 19.9. The highest BCUT2D eigenvalue weighted by Gasteiger charge is 2.23. The van der Waals surface area contributed by atoms with Gasteiger partial charge in [0.1, 0.15) is 0 Å². The zero-order valence-electron chi connectivity index (χ0n) is 10.9. The van der Waals surface area contributed by atoms with E-state index in [1.165, 1.54) is 0 Å². The van der Waals surface area contributed by atoms with E-state index in [0.717, 1.165) is 30.4 Å². The summed E-state index contributed by atoms with van der Waals surface area (Å²) in [5.74, 6) is -0.0219. The molecular formula is C14H17N3O2. The first-order valence-electron chi connectivity index (χ1n) is 6.53. The first-order chi connectivity index (χ1) is 9.15. The number of hydrogen-bond donors (Lipinski definition) is 1. The van der Waals surface area contributed by atoms with Gasteiger partial charge in [-0.15, -0.1) is 0 Å². The van der Waals surface area contributed by atoms with Crippen LogP contribution in [0.25, 0.3) is 11.0 Å². The third kappa shape index (κ3) is 2.21. The summed E-state index contributed by atoms with van der Waals surface area (Å²) in [7, 11) is 1.93. The molecule has 0 aliphatic carbocycles. The fraction of sp³-hybridized carbons (Fsp3) is 0.429. The van der Waals surface area contributed by atoms with Gasteiger partial charge in [0.15, 0.2) is 0 Å². The molecule has 1 atom stereocenters. The molecule has 5 nitrogen and oxygen atoms in total. The molecule has 2 heterocycles. The van der Waals surface area contributed by atoms with Gasteiger partial charge in [0, 0.05) is 25.7 Å². The van der Waals surface area contributed by atoms with Gasteiger partial charge in [0.2, 0.25) is 0 Å². The number of carbonyl (C=O) groups is 1. The van der Waals surface area contributed by atoms with E-state index in [4.69, 9.17) is 0 Å². The van der Waals surface area contributed by atoms with Crippen LogP contribution in [0.15, 0.2) is 24.5 Å². The summed E-state index contributed by atoms with van der Waals surface area (Å²) in [6.45, 7) is 1.15. The quantitative estimate of drug-likeness (QED) is 0.836. The number of β-amino-alcohol motifs (C(OH)–C–C–N with tert-alkyl or cyclic N) is 1. The Morgan fingerprint density at radius 2 is 2.32 bits per heavy atom. The minimum atomic E-state index is -0.392. The lowest BCUT2D eigenvalue weighted by Gasteiger charge is -2.30. The van der Waals surface area contributed by atoms with Crippen molar-refractivity contribution in [3.05, 3.63) is 30.1 Å². The van der Waals surface area contributed by atoms with Gasteiger partial charge in [-0.05, 0) is 31.0 Å². The number of fused-ring (bicyclic) bond motifs is 1. The lowest BCUT2D eigenvalue weighted by molar-refractivity contribution is 0.0474. The zero-order chi connectivity index (χ0) is 13.4. The lowest BCUT2D eigenvalue weighted by atomic mass is 10.1. The molecule has 100 valence electrons. The molecule has 0 spiro atoms. The van der Waals surface area contributed by atoms with Gasteiger partial charge in [-0.1, -0.05) is 0 Å². The van der Waals surface area contributed by atoms with E-state index in [9.17, 15) is 9.90 Å². The number of nitrogens with zero attached hydrogens (tertiary/aromatic N) is 3. The number of aromatic nitrogens is 2. The second-order valence-electron chi connectivity index (χ2n) is 5.11. The number of imidazole rings is 1. The molecule has 3 rings (SSSR count). The van der Waals surface area contributed by atoms with Gasteiger partial charge in [-0.2, -0.15) is 0 Å². The van der Waals surface area contributed by atoms with Crippen molar-refractivity contribution in [3.8, 4) is 0 Å². The van der Waals surface area contributed by atoms with Crippen LogP contribution in [-0.4, -0.2) is 44.7 Å². The molecule has 1 aromatic heterocycles. The largest absolute Gasteiger partial charge is 0.391 e. The van der Waals surface area contributed by atoms with Crippen LogP contribution in [0, 0.1) is 0 Å². The standard InChI is InChI=1S/C14H17N3O2/c1-16-9-15-12-7-10(4-5-13(12)16)14(19)17-6-2-3-11(18)8-17/h4-5,7,9,11,18H,2-3,6,8H2,1H3. The molecule has 1 aliphatic rings. The van der Waals surface area contributed by atoms with Gasteiger partial charge in [0.05, 0.1) is 23.5 Å². The predicted octanol–water partition coefficient (Wildman–Crippen LogP) is 1.17. The fourth-order valence-corrected chi connectivity index (χ4v) is 2.59. The molecule has 0 saturated carbocycles. The van der Waals surface area contributed by atoms with Crippen molar-refractivity contribution < 1.29 is 9.90 Å². The Morgan fingerprint density at radius 1 is 1.47 bits per heavy atom. The number of hydrogen-bond acceptors (Lipinski definition) is 3. The molecule has 1 fully saturated rings. The van der Waals surface area contributed by atoms with Crippen molar-refractivity contribution in [1.29, 1.82) is 0 Å². The summed E-state index contributed by atoms with van der Waals surface area (Å²) in [6.07, 6.45) is 2.99. The minimum absolute atomic E-state index is 0.0219. The Morgan fingerprint density at radius 3 is 3.11 bits per heavy atom. The Balaban J connectivity index is 1.88. The number of amides is 1. The number of aliphatic hydroxyl groups excluding tert-OH is 1. The summed E-state index contributed by atoms with van der Waals surface area (Å²) in [5, 5.41) is 9.64. The number of benzene rings is 1. The number of likely N-dealkylation sites (tertiary alicyclic amines) is 1. The van der Waals surface area contributed by atoms with Crippen molar-refractivity contribution in [2.24, 2.45) is 7.05 Å². The number of aliphatic hydroxyl groups is 1. The summed E-state index contributed by atoms with van der Waals surface area (Å²) >= 11 is 0. The highest BCUT2D eigenvalue weighted by atomic mass is 16.3. The summed E-state index contributed by atoms with van der Waals surface area (Å²) in [5.41, 5.74) is 2.47. The molecule has 2 aromatic rings. The van der Waals surface area contributed by atoms with Crippen molar-refractivity contribution in [3.63, 3.8) is 0 Å². The van der Waals surface area contributed by atoms with E-state index in [-0.39, 0.29) is 5.91 Å². The third-order valence-corrected chi connectivity index (χ3v) is 3.66. The summed E-state index contributed by atoms with van der Waals surface area (Å²) in [4.78, 5) is 18.4. The Labute approximate surface area is 111 Å². The van der Waals surface area contributed by atoms with E-state index in [1.807, 2.05) is 29.8 Å². The van der Waals surface area contributed by atoms with E-state index < -0.39 is 6.10 Å². The van der Waals surface area contributed by atoms with Gasteiger partial charge >= 0.3 is 0 Å². The number of piperidine rings is 1. The molecule has 0 radical (unpaired) electrons. The van der Waals surface area contributed by atoms with E-state index >= 15 is 0 Å². The fourth-order valence-electron chi connectivity index (χ4n) is 2.59. The Hall–Kier alpha value is -1.88. The summed E-state index contributed by atoms with van der Waals surface area (Å²) in [6, 6.07) is 5.56. The maximum atomic E-state index is 12.4. The lowest BCUT2D eigenvalue weighted by Crippen LogP contribution is -2.42. The molecule has 0 bridgehead atoms. The van der Waals surface area contributed by atoms with Crippen LogP contribution in [0.3, 0.4) is 0 Å². The van der Waals surface area contributed by atoms with E-state index in [0.29, 0.717) is 12.1 Å². The van der Waals surface area contributed by atoms with Gasteiger partial charge in [-0.25, -0.2) is 4.98 Å². The molecule has 1 unspecified atom stereocenters. The van der Waals surface area contributed by atoms with Crippen molar-refractivity contribution in [2.75, 3.05) is 13.1 Å². The van der Waals surface area contributed by atoms with Crippen molar-refractivity contribution in [1.82, 2.24) is 14.5 Å². The maximum Gasteiger partial charge on any atom is 0.254 e. The second kappa shape index (κ2) is 4.66. The average Bonchev–Trinajstić information content (AvgIpc) is 2.79. The van der Waals surface area contributed by atoms with Crippen LogP contribution >= 0.6 is 0 Å². The number of carbonyl (C=O) groups excluding carboxylic acids is 1. The molecular weight excluding hydrogens is 242 g/mol. The Bertz CT molecular complexity index is 620. The molecule has 5 heteroatoms. The average molecular weight is 259 g/mol. The monoisotopic (exact) mass is 259 g/mol. The molecule has 1 saturated heterocycles. The smallest absolute Gasteiger partial charge is 0.254 e. The van der Waals surface area contributed by atoms with E-state index in [2.05, 4.69) is 4.98 Å².